The largest absolute Gasteiger partial charge is 0.473 e. The number of nitrogens with zero attached hydrogens (tertiary/aromatic N) is 1. The van der Waals surface area contributed by atoms with Crippen LogP contribution < -0.4 is 15.8 Å². The predicted octanol–water partition coefficient (Wildman–Crippen LogP) is 4.27. The first kappa shape index (κ1) is 14.7. The Hall–Kier alpha value is -1.75. The molecule has 0 saturated heterocycles. The van der Waals surface area contributed by atoms with Crippen molar-refractivity contribution in [2.75, 3.05) is 11.1 Å². The van der Waals surface area contributed by atoms with Crippen LogP contribution in [-0.2, 0) is 0 Å². The van der Waals surface area contributed by atoms with Crippen LogP contribution >= 0.6 is 15.9 Å². The number of rotatable bonds is 4. The maximum absolute atomic E-state index is 5.86. The fourth-order valence-corrected chi connectivity index (χ4v) is 2.06. The Balaban J connectivity index is 2.27. The third-order valence-electron chi connectivity index (χ3n) is 2.62. The van der Waals surface area contributed by atoms with Gasteiger partial charge in [-0.05, 0) is 66.5 Å². The summed E-state index contributed by atoms with van der Waals surface area (Å²) >= 11 is 3.51. The Morgan fingerprint density at radius 1 is 1.25 bits per heavy atom. The molecule has 0 fully saturated rings. The van der Waals surface area contributed by atoms with E-state index < -0.39 is 0 Å². The maximum atomic E-state index is 5.86. The molecule has 0 spiro atoms. The predicted molar refractivity (Wildman–Crippen MR) is 86.6 cm³/mol. The molecule has 1 aromatic carbocycles. The molecule has 0 atom stereocenters. The molecule has 2 aromatic rings. The van der Waals surface area contributed by atoms with Crippen molar-refractivity contribution < 1.29 is 4.74 Å². The van der Waals surface area contributed by atoms with E-state index in [2.05, 4.69) is 26.2 Å². The first-order valence-electron chi connectivity index (χ1n) is 6.42. The Morgan fingerprint density at radius 3 is 2.70 bits per heavy atom. The van der Waals surface area contributed by atoms with Crippen molar-refractivity contribution in [2.24, 2.45) is 0 Å². The molecule has 3 N–H and O–H groups in total. The van der Waals surface area contributed by atoms with Crippen molar-refractivity contribution in [1.29, 1.82) is 0 Å². The topological polar surface area (TPSA) is 60.2 Å². The molecular formula is C15H18BrN3O. The number of nitrogen functional groups attached to an aromatic ring is 1. The van der Waals surface area contributed by atoms with Crippen LogP contribution in [0.15, 0.2) is 34.8 Å². The van der Waals surface area contributed by atoms with E-state index in [0.29, 0.717) is 17.4 Å². The number of ether oxygens (including phenoxy) is 1. The van der Waals surface area contributed by atoms with E-state index in [0.717, 1.165) is 10.2 Å². The van der Waals surface area contributed by atoms with Crippen molar-refractivity contribution in [3.63, 3.8) is 0 Å². The molecule has 1 aromatic heterocycles. The minimum atomic E-state index is 0.0331. The second-order valence-corrected chi connectivity index (χ2v) is 5.72. The second kappa shape index (κ2) is 6.13. The molecule has 0 aliphatic carbocycles. The summed E-state index contributed by atoms with van der Waals surface area (Å²) in [7, 11) is 0. The molecule has 0 unspecified atom stereocenters. The van der Waals surface area contributed by atoms with Gasteiger partial charge in [0.15, 0.2) is 0 Å². The highest BCUT2D eigenvalue weighted by atomic mass is 79.9. The Morgan fingerprint density at radius 2 is 2.00 bits per heavy atom. The average molecular weight is 336 g/mol. The van der Waals surface area contributed by atoms with Gasteiger partial charge in [0.1, 0.15) is 5.82 Å². The van der Waals surface area contributed by atoms with Crippen LogP contribution in [0.1, 0.15) is 19.4 Å². The van der Waals surface area contributed by atoms with Gasteiger partial charge in [-0.15, -0.1) is 0 Å². The molecule has 0 bridgehead atoms. The number of hydrogen-bond acceptors (Lipinski definition) is 4. The molecule has 5 heteroatoms. The summed E-state index contributed by atoms with van der Waals surface area (Å²) in [5.74, 6) is 1.15. The number of pyridine rings is 1. The van der Waals surface area contributed by atoms with Crippen LogP contribution in [0, 0.1) is 6.92 Å². The van der Waals surface area contributed by atoms with Crippen LogP contribution in [0.3, 0.4) is 0 Å². The Bertz CT molecular complexity index is 614. The summed E-state index contributed by atoms with van der Waals surface area (Å²) in [4.78, 5) is 4.40. The highest BCUT2D eigenvalue weighted by Gasteiger charge is 2.08. The lowest BCUT2D eigenvalue weighted by Gasteiger charge is -2.14. The SMILES string of the molecule is Cc1ccc(Br)c(Nc2ccc(N)c(OC(C)C)n2)c1. The van der Waals surface area contributed by atoms with Gasteiger partial charge in [-0.2, -0.15) is 4.98 Å². The van der Waals surface area contributed by atoms with E-state index in [1.54, 1.807) is 6.07 Å². The highest BCUT2D eigenvalue weighted by Crippen LogP contribution is 2.28. The maximum Gasteiger partial charge on any atom is 0.239 e. The minimum absolute atomic E-state index is 0.0331. The first-order valence-corrected chi connectivity index (χ1v) is 7.21. The zero-order chi connectivity index (χ0) is 14.7. The van der Waals surface area contributed by atoms with Crippen LogP contribution in [0.4, 0.5) is 17.2 Å². The van der Waals surface area contributed by atoms with Crippen LogP contribution in [-0.4, -0.2) is 11.1 Å². The summed E-state index contributed by atoms with van der Waals surface area (Å²) in [6.07, 6.45) is 0.0331. The smallest absolute Gasteiger partial charge is 0.239 e. The standard InChI is InChI=1S/C15H18BrN3O/c1-9(2)20-15-12(17)6-7-14(19-15)18-13-8-10(3)4-5-11(13)16/h4-9H,17H2,1-3H3,(H,18,19). The summed E-state index contributed by atoms with van der Waals surface area (Å²) in [5, 5.41) is 3.26. The molecule has 1 heterocycles. The number of benzene rings is 1. The van der Waals surface area contributed by atoms with Crippen molar-refractivity contribution in [3.8, 4) is 5.88 Å². The summed E-state index contributed by atoms with van der Waals surface area (Å²) in [6, 6.07) is 9.71. The third kappa shape index (κ3) is 3.63. The number of aryl methyl sites for hydroxylation is 1. The first-order chi connectivity index (χ1) is 9.45. The molecule has 106 valence electrons. The molecule has 0 radical (unpaired) electrons. The molecule has 0 aliphatic heterocycles. The van der Waals surface area contributed by atoms with E-state index in [9.17, 15) is 0 Å². The van der Waals surface area contributed by atoms with Crippen LogP contribution in [0.2, 0.25) is 0 Å². The van der Waals surface area contributed by atoms with Crippen molar-refractivity contribution in [1.82, 2.24) is 4.98 Å². The van der Waals surface area contributed by atoms with Crippen molar-refractivity contribution >= 4 is 33.1 Å². The van der Waals surface area contributed by atoms with Gasteiger partial charge < -0.3 is 15.8 Å². The molecule has 2 rings (SSSR count). The number of hydrogen-bond donors (Lipinski definition) is 2. The fraction of sp³-hybridized carbons (Fsp3) is 0.267. The van der Waals surface area contributed by atoms with Crippen molar-refractivity contribution in [3.05, 3.63) is 40.4 Å². The monoisotopic (exact) mass is 335 g/mol. The minimum Gasteiger partial charge on any atom is -0.473 e. The number of nitrogens with one attached hydrogen (secondary N) is 1. The van der Waals surface area contributed by atoms with Gasteiger partial charge in [0.2, 0.25) is 5.88 Å². The number of aromatic nitrogens is 1. The van der Waals surface area contributed by atoms with Gasteiger partial charge in [-0.3, -0.25) is 0 Å². The number of anilines is 3. The lowest BCUT2D eigenvalue weighted by Crippen LogP contribution is -2.09. The Kier molecular flexibility index (Phi) is 4.49. The lowest BCUT2D eigenvalue weighted by atomic mass is 10.2. The van der Waals surface area contributed by atoms with Crippen LogP contribution in [0.5, 0.6) is 5.88 Å². The molecule has 0 amide bonds. The van der Waals surface area contributed by atoms with E-state index in [-0.39, 0.29) is 6.10 Å². The van der Waals surface area contributed by atoms with Gasteiger partial charge in [-0.1, -0.05) is 6.07 Å². The average Bonchev–Trinajstić information content (AvgIpc) is 2.37. The molecule has 4 nitrogen and oxygen atoms in total. The quantitative estimate of drug-likeness (QED) is 0.876. The number of nitrogens with two attached hydrogens (primary N) is 1. The third-order valence-corrected chi connectivity index (χ3v) is 3.31. The Labute approximate surface area is 127 Å². The van der Waals surface area contributed by atoms with E-state index in [1.165, 1.54) is 5.56 Å². The molecular weight excluding hydrogens is 318 g/mol. The molecule has 0 aliphatic rings. The van der Waals surface area contributed by atoms with Gasteiger partial charge in [-0.25, -0.2) is 0 Å². The summed E-state index contributed by atoms with van der Waals surface area (Å²) in [6.45, 7) is 5.93. The van der Waals surface area contributed by atoms with E-state index in [1.807, 2.05) is 45.0 Å². The van der Waals surface area contributed by atoms with Crippen molar-refractivity contribution in [2.45, 2.75) is 26.9 Å². The fourth-order valence-electron chi connectivity index (χ4n) is 1.71. The summed E-state index contributed by atoms with van der Waals surface area (Å²) in [5.41, 5.74) is 8.52. The van der Waals surface area contributed by atoms with Gasteiger partial charge in [0.05, 0.1) is 17.5 Å². The zero-order valence-electron chi connectivity index (χ0n) is 11.8. The molecule has 20 heavy (non-hydrogen) atoms. The van der Waals surface area contributed by atoms with Gasteiger partial charge in [0, 0.05) is 4.47 Å². The number of halogens is 1. The van der Waals surface area contributed by atoms with E-state index in [4.69, 9.17) is 10.5 Å². The lowest BCUT2D eigenvalue weighted by molar-refractivity contribution is 0.234. The zero-order valence-corrected chi connectivity index (χ0v) is 13.4. The molecule has 0 saturated carbocycles. The normalized spacial score (nSPS) is 10.7. The van der Waals surface area contributed by atoms with Gasteiger partial charge in [0.25, 0.3) is 0 Å². The highest BCUT2D eigenvalue weighted by molar-refractivity contribution is 9.10. The van der Waals surface area contributed by atoms with Gasteiger partial charge >= 0.3 is 0 Å². The summed E-state index contributed by atoms with van der Waals surface area (Å²) < 4.78 is 6.57. The second-order valence-electron chi connectivity index (χ2n) is 4.87. The van der Waals surface area contributed by atoms with E-state index >= 15 is 0 Å². The van der Waals surface area contributed by atoms with Crippen LogP contribution in [0.25, 0.3) is 0 Å².